The zero-order valence-electron chi connectivity index (χ0n) is 10.1. The Morgan fingerprint density at radius 2 is 2.26 bits per heavy atom. The summed E-state index contributed by atoms with van der Waals surface area (Å²) in [6.45, 7) is 1.85. The number of para-hydroxylation sites is 2. The second-order valence-corrected chi connectivity index (χ2v) is 3.99. The molecule has 0 saturated heterocycles. The van der Waals surface area contributed by atoms with Gasteiger partial charge in [0.15, 0.2) is 10.7 Å². The minimum Gasteiger partial charge on any atom is -0.462 e. The van der Waals surface area contributed by atoms with Gasteiger partial charge in [0.2, 0.25) is 0 Å². The Morgan fingerprint density at radius 1 is 1.53 bits per heavy atom. The summed E-state index contributed by atoms with van der Waals surface area (Å²) in [7, 11) is 0. The molecule has 1 N–H and O–H groups in total. The van der Waals surface area contributed by atoms with Crippen LogP contribution in [0.15, 0.2) is 40.5 Å². The SMILES string of the molecule is CCOC(=O)/C(C#N)=C1/Nc2ccccc2N=C1Cl. The maximum atomic E-state index is 11.7. The van der Waals surface area contributed by atoms with Crippen molar-refractivity contribution in [1.82, 2.24) is 0 Å². The summed E-state index contributed by atoms with van der Waals surface area (Å²) in [5.74, 6) is -0.722. The third kappa shape index (κ3) is 2.59. The van der Waals surface area contributed by atoms with Gasteiger partial charge in [0.05, 0.1) is 18.0 Å². The number of nitrogens with one attached hydrogen (secondary N) is 1. The number of carbonyl (C=O) groups is 1. The fourth-order valence-corrected chi connectivity index (χ4v) is 1.83. The van der Waals surface area contributed by atoms with E-state index in [0.29, 0.717) is 11.4 Å². The van der Waals surface area contributed by atoms with Crippen LogP contribution in [0, 0.1) is 11.3 Å². The number of rotatable bonds is 2. The Bertz CT molecular complexity index is 629. The van der Waals surface area contributed by atoms with Crippen molar-refractivity contribution in [2.45, 2.75) is 6.92 Å². The van der Waals surface area contributed by atoms with Crippen LogP contribution in [0.1, 0.15) is 6.92 Å². The van der Waals surface area contributed by atoms with Gasteiger partial charge in [0.1, 0.15) is 11.8 Å². The number of hydrogen-bond donors (Lipinski definition) is 1. The Labute approximate surface area is 115 Å². The standard InChI is InChI=1S/C13H10ClN3O2/c1-2-19-13(18)8(7-15)11-12(14)17-10-6-4-3-5-9(10)16-11/h3-6,16H,2H2,1H3/b11-8+. The van der Waals surface area contributed by atoms with Gasteiger partial charge >= 0.3 is 5.97 Å². The lowest BCUT2D eigenvalue weighted by Crippen LogP contribution is -2.18. The molecule has 0 bridgehead atoms. The molecule has 6 heteroatoms. The number of aliphatic imine (C=N–C) groups is 1. The molecule has 19 heavy (non-hydrogen) atoms. The van der Waals surface area contributed by atoms with Crippen LogP contribution in [0.4, 0.5) is 11.4 Å². The lowest BCUT2D eigenvalue weighted by molar-refractivity contribution is -0.138. The summed E-state index contributed by atoms with van der Waals surface area (Å²) >= 11 is 6.00. The highest BCUT2D eigenvalue weighted by Gasteiger charge is 2.23. The molecule has 1 heterocycles. The van der Waals surface area contributed by atoms with E-state index in [4.69, 9.17) is 21.6 Å². The number of halogens is 1. The van der Waals surface area contributed by atoms with Crippen molar-refractivity contribution in [3.8, 4) is 6.07 Å². The highest BCUT2D eigenvalue weighted by Crippen LogP contribution is 2.32. The molecule has 0 atom stereocenters. The van der Waals surface area contributed by atoms with Crippen molar-refractivity contribution < 1.29 is 9.53 Å². The van der Waals surface area contributed by atoms with Gasteiger partial charge < -0.3 is 10.1 Å². The molecular weight excluding hydrogens is 266 g/mol. The molecule has 0 saturated carbocycles. The van der Waals surface area contributed by atoms with E-state index < -0.39 is 5.97 Å². The summed E-state index contributed by atoms with van der Waals surface area (Å²) in [5.41, 5.74) is 1.31. The average molecular weight is 276 g/mol. The topological polar surface area (TPSA) is 74.5 Å². The average Bonchev–Trinajstić information content (AvgIpc) is 2.40. The summed E-state index contributed by atoms with van der Waals surface area (Å²) < 4.78 is 4.81. The second-order valence-electron chi connectivity index (χ2n) is 3.63. The number of fused-ring (bicyclic) bond motifs is 1. The molecule has 0 aromatic heterocycles. The van der Waals surface area contributed by atoms with Crippen molar-refractivity contribution >= 4 is 34.1 Å². The van der Waals surface area contributed by atoms with E-state index in [1.165, 1.54) is 0 Å². The summed E-state index contributed by atoms with van der Waals surface area (Å²) in [4.78, 5) is 15.8. The van der Waals surface area contributed by atoms with Crippen molar-refractivity contribution in [2.24, 2.45) is 4.99 Å². The predicted octanol–water partition coefficient (Wildman–Crippen LogP) is 2.72. The maximum Gasteiger partial charge on any atom is 0.351 e. The number of hydrogen-bond acceptors (Lipinski definition) is 5. The van der Waals surface area contributed by atoms with E-state index in [1.807, 2.05) is 12.1 Å². The van der Waals surface area contributed by atoms with E-state index in [2.05, 4.69) is 10.3 Å². The van der Waals surface area contributed by atoms with Gasteiger partial charge in [-0.05, 0) is 19.1 Å². The van der Waals surface area contributed by atoms with E-state index in [-0.39, 0.29) is 23.0 Å². The second kappa shape index (κ2) is 5.55. The maximum absolute atomic E-state index is 11.7. The van der Waals surface area contributed by atoms with Crippen LogP contribution in [-0.4, -0.2) is 17.7 Å². The Morgan fingerprint density at radius 3 is 2.95 bits per heavy atom. The largest absolute Gasteiger partial charge is 0.462 e. The number of nitrogens with zero attached hydrogens (tertiary/aromatic N) is 2. The molecule has 0 fully saturated rings. The van der Waals surface area contributed by atoms with Crippen LogP contribution >= 0.6 is 11.6 Å². The molecular formula is C13H10ClN3O2. The van der Waals surface area contributed by atoms with E-state index in [0.717, 1.165) is 0 Å². The van der Waals surface area contributed by atoms with Gasteiger partial charge in [0, 0.05) is 0 Å². The molecule has 1 aliphatic heterocycles. The van der Waals surface area contributed by atoms with Crippen LogP contribution < -0.4 is 5.32 Å². The first-order valence-corrected chi connectivity index (χ1v) is 5.97. The Hall–Kier alpha value is -2.32. The molecule has 1 aromatic carbocycles. The number of anilines is 1. The first-order chi connectivity index (χ1) is 9.17. The molecule has 0 spiro atoms. The minimum absolute atomic E-state index is 0.0586. The fraction of sp³-hybridized carbons (Fsp3) is 0.154. The third-order valence-electron chi connectivity index (χ3n) is 2.43. The third-order valence-corrected chi connectivity index (χ3v) is 2.70. The first-order valence-electron chi connectivity index (χ1n) is 5.59. The van der Waals surface area contributed by atoms with Crippen LogP contribution in [0.25, 0.3) is 0 Å². The summed E-state index contributed by atoms with van der Waals surface area (Å²) in [6, 6.07) is 8.98. The zero-order chi connectivity index (χ0) is 13.8. The van der Waals surface area contributed by atoms with Crippen molar-refractivity contribution in [3.05, 3.63) is 35.5 Å². The van der Waals surface area contributed by atoms with Gasteiger partial charge in [-0.25, -0.2) is 9.79 Å². The van der Waals surface area contributed by atoms with Gasteiger partial charge in [0.25, 0.3) is 0 Å². The number of ether oxygens (including phenoxy) is 1. The lowest BCUT2D eigenvalue weighted by Gasteiger charge is -2.18. The Kier molecular flexibility index (Phi) is 3.83. The van der Waals surface area contributed by atoms with E-state index >= 15 is 0 Å². The normalized spacial score (nSPS) is 15.5. The molecule has 0 amide bonds. The van der Waals surface area contributed by atoms with Gasteiger partial charge in [-0.3, -0.25) is 0 Å². The van der Waals surface area contributed by atoms with Crippen molar-refractivity contribution in [2.75, 3.05) is 11.9 Å². The van der Waals surface area contributed by atoms with Crippen molar-refractivity contribution in [3.63, 3.8) is 0 Å². The highest BCUT2D eigenvalue weighted by molar-refractivity contribution is 6.70. The molecule has 96 valence electrons. The van der Waals surface area contributed by atoms with Gasteiger partial charge in [-0.15, -0.1) is 0 Å². The molecule has 5 nitrogen and oxygen atoms in total. The first kappa shape index (κ1) is 13.1. The zero-order valence-corrected chi connectivity index (χ0v) is 10.9. The minimum atomic E-state index is -0.722. The summed E-state index contributed by atoms with van der Waals surface area (Å²) in [6.07, 6.45) is 0. The number of benzene rings is 1. The van der Waals surface area contributed by atoms with E-state index in [1.54, 1.807) is 25.1 Å². The van der Waals surface area contributed by atoms with Gasteiger partial charge in [-0.2, -0.15) is 5.26 Å². The molecule has 2 rings (SSSR count). The van der Waals surface area contributed by atoms with Crippen molar-refractivity contribution in [1.29, 1.82) is 5.26 Å². The quantitative estimate of drug-likeness (QED) is 0.511. The highest BCUT2D eigenvalue weighted by atomic mass is 35.5. The van der Waals surface area contributed by atoms with E-state index in [9.17, 15) is 4.79 Å². The van der Waals surface area contributed by atoms with Crippen LogP contribution in [0.3, 0.4) is 0 Å². The predicted molar refractivity (Wildman–Crippen MR) is 72.3 cm³/mol. The molecule has 0 aliphatic carbocycles. The van der Waals surface area contributed by atoms with Crippen LogP contribution in [0.5, 0.6) is 0 Å². The monoisotopic (exact) mass is 275 g/mol. The number of allylic oxidation sites excluding steroid dienone is 1. The number of nitriles is 1. The van der Waals surface area contributed by atoms with Crippen LogP contribution in [-0.2, 0) is 9.53 Å². The Balaban J connectivity index is 2.48. The number of carbonyl (C=O) groups excluding carboxylic acids is 1. The number of esters is 1. The molecule has 0 radical (unpaired) electrons. The fourth-order valence-electron chi connectivity index (χ4n) is 1.60. The smallest absolute Gasteiger partial charge is 0.351 e. The molecule has 1 aliphatic rings. The van der Waals surface area contributed by atoms with Crippen LogP contribution in [0.2, 0.25) is 0 Å². The van der Waals surface area contributed by atoms with Gasteiger partial charge in [-0.1, -0.05) is 23.7 Å². The lowest BCUT2D eigenvalue weighted by atomic mass is 10.1. The summed E-state index contributed by atoms with van der Waals surface area (Å²) in [5, 5.41) is 12.1. The molecule has 0 unspecified atom stereocenters. The molecule has 1 aromatic rings.